The largest absolute Gasteiger partial charge is 0.357 e. The van der Waals surface area contributed by atoms with Gasteiger partial charge in [0.1, 0.15) is 0 Å². The van der Waals surface area contributed by atoms with Crippen molar-refractivity contribution in [2.24, 2.45) is 4.99 Å². The Morgan fingerprint density at radius 1 is 1.14 bits per heavy atom. The zero-order valence-corrected chi connectivity index (χ0v) is 19.6. The van der Waals surface area contributed by atoms with Gasteiger partial charge in [-0.2, -0.15) is 5.10 Å². The van der Waals surface area contributed by atoms with E-state index in [2.05, 4.69) is 25.7 Å². The monoisotopic (exact) mass is 524 g/mol. The zero-order chi connectivity index (χ0) is 19.8. The molecule has 6 nitrogen and oxygen atoms in total. The van der Waals surface area contributed by atoms with Crippen LogP contribution in [0.15, 0.2) is 66.0 Å². The predicted octanol–water partition coefficient (Wildman–Crippen LogP) is 4.20. The van der Waals surface area contributed by atoms with E-state index in [1.54, 1.807) is 12.4 Å². The van der Waals surface area contributed by atoms with Crippen molar-refractivity contribution in [1.29, 1.82) is 0 Å². The maximum atomic E-state index is 6.05. The highest BCUT2D eigenvalue weighted by molar-refractivity contribution is 14.0. The second-order valence-corrected chi connectivity index (χ2v) is 6.83. The van der Waals surface area contributed by atoms with Crippen LogP contribution < -0.4 is 10.6 Å². The van der Waals surface area contributed by atoms with Gasteiger partial charge in [0, 0.05) is 36.7 Å². The van der Waals surface area contributed by atoms with Gasteiger partial charge in [-0.15, -0.1) is 24.0 Å². The van der Waals surface area contributed by atoms with Gasteiger partial charge < -0.3 is 10.6 Å². The van der Waals surface area contributed by atoms with Crippen molar-refractivity contribution in [2.45, 2.75) is 26.4 Å². The number of halogens is 2. The van der Waals surface area contributed by atoms with Gasteiger partial charge in [0.05, 0.1) is 18.3 Å². The van der Waals surface area contributed by atoms with E-state index in [0.29, 0.717) is 13.1 Å². The molecule has 3 rings (SSSR count). The molecule has 0 bridgehead atoms. The lowest BCUT2D eigenvalue weighted by Crippen LogP contribution is -2.40. The molecule has 0 aliphatic heterocycles. The van der Waals surface area contributed by atoms with Crippen molar-refractivity contribution in [3.05, 3.63) is 82.9 Å². The van der Waals surface area contributed by atoms with Crippen molar-refractivity contribution in [3.63, 3.8) is 0 Å². The Hall–Kier alpha value is -2.13. The molecule has 0 aliphatic carbocycles. The summed E-state index contributed by atoms with van der Waals surface area (Å²) in [4.78, 5) is 9.10. The van der Waals surface area contributed by atoms with Crippen LogP contribution in [0.4, 0.5) is 0 Å². The van der Waals surface area contributed by atoms with E-state index in [4.69, 9.17) is 11.6 Å². The van der Waals surface area contributed by atoms with Crippen molar-refractivity contribution < 1.29 is 0 Å². The lowest BCUT2D eigenvalue weighted by molar-refractivity contribution is 0.510. The average Bonchev–Trinajstić information content (AvgIpc) is 3.23. The van der Waals surface area contributed by atoms with Crippen LogP contribution in [0.5, 0.6) is 0 Å². The van der Waals surface area contributed by atoms with Crippen LogP contribution in [-0.2, 0) is 6.54 Å². The highest BCUT2D eigenvalue weighted by Crippen LogP contribution is 2.19. The molecular weight excluding hydrogens is 499 g/mol. The summed E-state index contributed by atoms with van der Waals surface area (Å²) in [5.74, 6) is 0.749. The third-order valence-electron chi connectivity index (χ3n) is 4.41. The van der Waals surface area contributed by atoms with Gasteiger partial charge in [-0.05, 0) is 49.2 Å². The quantitative estimate of drug-likeness (QED) is 0.276. The molecule has 0 fully saturated rings. The molecule has 8 heteroatoms. The molecule has 1 unspecified atom stereocenters. The number of aliphatic imine (C=N–C) groups is 1. The second kappa shape index (κ2) is 11.8. The van der Waals surface area contributed by atoms with Crippen LogP contribution in [0.25, 0.3) is 0 Å². The highest BCUT2D eigenvalue weighted by atomic mass is 127. The molecule has 2 N–H and O–H groups in total. The molecule has 0 saturated carbocycles. The number of hydrogen-bond donors (Lipinski definition) is 2. The van der Waals surface area contributed by atoms with Gasteiger partial charge in [-0.3, -0.25) is 9.67 Å². The van der Waals surface area contributed by atoms with Crippen LogP contribution in [0, 0.1) is 6.92 Å². The molecule has 0 amide bonds. The zero-order valence-electron chi connectivity index (χ0n) is 16.5. The van der Waals surface area contributed by atoms with Crippen LogP contribution in [-0.4, -0.2) is 33.8 Å². The third-order valence-corrected chi connectivity index (χ3v) is 4.66. The number of benzene rings is 1. The molecule has 1 atom stereocenters. The SMILES string of the molecule is CCNC(=NCc1ncccc1C)NCC(c1ccc(Cl)cc1)n1cccn1.I. The second-order valence-electron chi connectivity index (χ2n) is 6.40. The number of pyridine rings is 1. The molecule has 29 heavy (non-hydrogen) atoms. The minimum Gasteiger partial charge on any atom is -0.357 e. The Kier molecular flexibility index (Phi) is 9.40. The molecule has 0 saturated heterocycles. The van der Waals surface area contributed by atoms with Crippen LogP contribution in [0.2, 0.25) is 5.02 Å². The van der Waals surface area contributed by atoms with Gasteiger partial charge in [0.25, 0.3) is 0 Å². The number of nitrogens with zero attached hydrogens (tertiary/aromatic N) is 4. The smallest absolute Gasteiger partial charge is 0.191 e. The summed E-state index contributed by atoms with van der Waals surface area (Å²) < 4.78 is 1.93. The number of rotatable bonds is 7. The Labute approximate surface area is 193 Å². The van der Waals surface area contributed by atoms with Gasteiger partial charge in [0.2, 0.25) is 0 Å². The lowest BCUT2D eigenvalue weighted by Gasteiger charge is -2.20. The molecule has 0 aliphatic rings. The number of hydrogen-bond acceptors (Lipinski definition) is 3. The Morgan fingerprint density at radius 3 is 2.59 bits per heavy atom. The summed E-state index contributed by atoms with van der Waals surface area (Å²) in [5.41, 5.74) is 3.23. The fourth-order valence-electron chi connectivity index (χ4n) is 2.89. The number of guanidine groups is 1. The summed E-state index contributed by atoms with van der Waals surface area (Å²) in [7, 11) is 0. The van der Waals surface area contributed by atoms with Crippen LogP contribution in [0.1, 0.15) is 29.8 Å². The van der Waals surface area contributed by atoms with Gasteiger partial charge in [-0.1, -0.05) is 29.8 Å². The highest BCUT2D eigenvalue weighted by Gasteiger charge is 2.15. The summed E-state index contributed by atoms with van der Waals surface area (Å²) in [5, 5.41) is 11.9. The number of nitrogens with one attached hydrogen (secondary N) is 2. The first-order valence-corrected chi connectivity index (χ1v) is 9.72. The Bertz CT molecular complexity index is 896. The first-order chi connectivity index (χ1) is 13.7. The molecular formula is C21H26ClIN6. The number of aromatic nitrogens is 3. The van der Waals surface area contributed by atoms with Crippen LogP contribution in [0.3, 0.4) is 0 Å². The average molecular weight is 525 g/mol. The molecule has 2 heterocycles. The van der Waals surface area contributed by atoms with Crippen molar-refractivity contribution in [3.8, 4) is 0 Å². The first-order valence-electron chi connectivity index (χ1n) is 9.34. The summed E-state index contributed by atoms with van der Waals surface area (Å²) in [6.07, 6.45) is 5.54. The normalized spacial score (nSPS) is 12.2. The minimum absolute atomic E-state index is 0. The number of aryl methyl sites for hydroxylation is 1. The van der Waals surface area contributed by atoms with E-state index in [0.717, 1.165) is 34.3 Å². The van der Waals surface area contributed by atoms with Crippen molar-refractivity contribution >= 4 is 41.5 Å². The molecule has 1 aromatic carbocycles. The Morgan fingerprint density at radius 2 is 1.93 bits per heavy atom. The molecule has 3 aromatic rings. The van der Waals surface area contributed by atoms with Gasteiger partial charge >= 0.3 is 0 Å². The van der Waals surface area contributed by atoms with Gasteiger partial charge in [-0.25, -0.2) is 4.99 Å². The predicted molar refractivity (Wildman–Crippen MR) is 129 cm³/mol. The fourth-order valence-corrected chi connectivity index (χ4v) is 3.01. The topological polar surface area (TPSA) is 67.1 Å². The van der Waals surface area contributed by atoms with Crippen molar-refractivity contribution in [2.75, 3.05) is 13.1 Å². The first kappa shape index (κ1) is 23.2. The maximum Gasteiger partial charge on any atom is 0.191 e. The summed E-state index contributed by atoms with van der Waals surface area (Å²) in [6, 6.07) is 13.8. The van der Waals surface area contributed by atoms with E-state index < -0.39 is 0 Å². The Balaban J connectivity index is 0.00000300. The van der Waals surface area contributed by atoms with Gasteiger partial charge in [0.15, 0.2) is 5.96 Å². The summed E-state index contributed by atoms with van der Waals surface area (Å²) >= 11 is 6.05. The molecule has 0 spiro atoms. The minimum atomic E-state index is 0. The van der Waals surface area contributed by atoms with E-state index in [-0.39, 0.29) is 30.0 Å². The lowest BCUT2D eigenvalue weighted by atomic mass is 10.1. The molecule has 154 valence electrons. The maximum absolute atomic E-state index is 6.05. The van der Waals surface area contributed by atoms with E-state index in [9.17, 15) is 0 Å². The standard InChI is InChI=1S/C21H25ClN6.HI/c1-3-23-21(25-14-19-16(2)6-4-11-24-19)26-15-20(28-13-5-12-27-28)17-7-9-18(22)10-8-17;/h4-13,20H,3,14-15H2,1-2H3,(H2,23,25,26);1H. The summed E-state index contributed by atoms with van der Waals surface area (Å²) in [6.45, 7) is 6.03. The van der Waals surface area contributed by atoms with Crippen molar-refractivity contribution in [1.82, 2.24) is 25.4 Å². The van der Waals surface area contributed by atoms with E-state index >= 15 is 0 Å². The molecule has 0 radical (unpaired) electrons. The third kappa shape index (κ3) is 6.71. The van der Waals surface area contributed by atoms with Crippen LogP contribution >= 0.6 is 35.6 Å². The van der Waals surface area contributed by atoms with E-state index in [1.807, 2.05) is 67.2 Å². The van der Waals surface area contributed by atoms with E-state index in [1.165, 1.54) is 0 Å². The fraction of sp³-hybridized carbons (Fsp3) is 0.286. The molecule has 2 aromatic heterocycles.